The highest BCUT2D eigenvalue weighted by Gasteiger charge is 2.07. The molecule has 2 nitrogen and oxygen atoms in total. The van der Waals surface area contributed by atoms with Crippen molar-refractivity contribution in [1.82, 2.24) is 5.32 Å². The van der Waals surface area contributed by atoms with E-state index in [1.807, 2.05) is 30.0 Å². The van der Waals surface area contributed by atoms with Crippen molar-refractivity contribution in [3.8, 4) is 0 Å². The number of hydrogen-bond donors (Lipinski definition) is 2. The maximum atomic E-state index is 9.32. The van der Waals surface area contributed by atoms with Gasteiger partial charge in [-0.05, 0) is 37.0 Å². The van der Waals surface area contributed by atoms with Gasteiger partial charge in [0.1, 0.15) is 0 Å². The second kappa shape index (κ2) is 8.62. The molecule has 0 saturated heterocycles. The van der Waals surface area contributed by atoms with Crippen molar-refractivity contribution in [3.63, 3.8) is 0 Å². The van der Waals surface area contributed by atoms with E-state index in [1.165, 1.54) is 18.6 Å². The lowest BCUT2D eigenvalue weighted by Gasteiger charge is -2.16. The summed E-state index contributed by atoms with van der Waals surface area (Å²) >= 11 is 1.89. The standard InChI is InChI=1S/C13H21NOS/c1-16-10-6-5-9-14-13(11-15)12-7-3-2-4-8-12/h2-4,7-8,13-15H,5-6,9-11H2,1H3/t13-/m0/s1. The Kier molecular flexibility index (Phi) is 7.30. The van der Waals surface area contributed by atoms with Crippen LogP contribution in [0.4, 0.5) is 0 Å². The van der Waals surface area contributed by atoms with Crippen LogP contribution in [0.3, 0.4) is 0 Å². The molecule has 0 unspecified atom stereocenters. The zero-order chi connectivity index (χ0) is 11.6. The summed E-state index contributed by atoms with van der Waals surface area (Å²) in [4.78, 5) is 0. The Balaban J connectivity index is 2.27. The topological polar surface area (TPSA) is 32.3 Å². The van der Waals surface area contributed by atoms with E-state index in [4.69, 9.17) is 0 Å². The number of rotatable bonds is 8. The van der Waals surface area contributed by atoms with E-state index in [0.29, 0.717) is 0 Å². The highest BCUT2D eigenvalue weighted by atomic mass is 32.2. The number of hydrogen-bond acceptors (Lipinski definition) is 3. The highest BCUT2D eigenvalue weighted by molar-refractivity contribution is 7.98. The highest BCUT2D eigenvalue weighted by Crippen LogP contribution is 2.11. The van der Waals surface area contributed by atoms with Crippen molar-refractivity contribution in [1.29, 1.82) is 0 Å². The number of benzene rings is 1. The van der Waals surface area contributed by atoms with Gasteiger partial charge in [0.15, 0.2) is 0 Å². The van der Waals surface area contributed by atoms with Crippen molar-refractivity contribution in [2.75, 3.05) is 25.2 Å². The molecule has 16 heavy (non-hydrogen) atoms. The fourth-order valence-electron chi connectivity index (χ4n) is 1.62. The molecule has 0 aliphatic heterocycles. The first-order valence-corrected chi connectivity index (χ1v) is 7.16. The molecule has 0 bridgehead atoms. The third kappa shape index (κ3) is 5.01. The Morgan fingerprint density at radius 2 is 2.00 bits per heavy atom. The molecule has 1 aromatic carbocycles. The third-order valence-corrected chi connectivity index (χ3v) is 3.25. The maximum Gasteiger partial charge on any atom is 0.0626 e. The Bertz CT molecular complexity index is 266. The SMILES string of the molecule is CSCCCCN[C@@H](CO)c1ccccc1. The van der Waals surface area contributed by atoms with E-state index in [9.17, 15) is 5.11 Å². The van der Waals surface area contributed by atoms with Gasteiger partial charge in [-0.3, -0.25) is 0 Å². The molecule has 0 spiro atoms. The summed E-state index contributed by atoms with van der Waals surface area (Å²) in [6.07, 6.45) is 4.54. The van der Waals surface area contributed by atoms with E-state index in [1.54, 1.807) is 0 Å². The minimum atomic E-state index is 0.0791. The largest absolute Gasteiger partial charge is 0.394 e. The van der Waals surface area contributed by atoms with Crippen molar-refractivity contribution < 1.29 is 5.11 Å². The first-order valence-electron chi connectivity index (χ1n) is 5.76. The minimum Gasteiger partial charge on any atom is -0.394 e. The van der Waals surface area contributed by atoms with Crippen molar-refractivity contribution in [3.05, 3.63) is 35.9 Å². The normalized spacial score (nSPS) is 12.6. The minimum absolute atomic E-state index is 0.0791. The van der Waals surface area contributed by atoms with Crippen LogP contribution in [0.1, 0.15) is 24.4 Å². The van der Waals surface area contributed by atoms with Gasteiger partial charge >= 0.3 is 0 Å². The van der Waals surface area contributed by atoms with Gasteiger partial charge < -0.3 is 10.4 Å². The monoisotopic (exact) mass is 239 g/mol. The maximum absolute atomic E-state index is 9.32. The molecule has 1 atom stereocenters. The van der Waals surface area contributed by atoms with Crippen LogP contribution in [0.2, 0.25) is 0 Å². The number of aliphatic hydroxyl groups is 1. The summed E-state index contributed by atoms with van der Waals surface area (Å²) < 4.78 is 0. The van der Waals surface area contributed by atoms with Gasteiger partial charge in [-0.15, -0.1) is 0 Å². The molecule has 1 aromatic rings. The number of thioether (sulfide) groups is 1. The van der Waals surface area contributed by atoms with Crippen molar-refractivity contribution >= 4 is 11.8 Å². The second-order valence-corrected chi connectivity index (χ2v) is 4.79. The van der Waals surface area contributed by atoms with E-state index >= 15 is 0 Å². The Morgan fingerprint density at radius 3 is 2.62 bits per heavy atom. The zero-order valence-corrected chi connectivity index (χ0v) is 10.7. The predicted octanol–water partition coefficient (Wildman–Crippen LogP) is 2.45. The number of nitrogens with one attached hydrogen (secondary N) is 1. The van der Waals surface area contributed by atoms with E-state index in [-0.39, 0.29) is 12.6 Å². The average Bonchev–Trinajstić information content (AvgIpc) is 2.35. The molecular formula is C13H21NOS. The lowest BCUT2D eigenvalue weighted by atomic mass is 10.1. The van der Waals surface area contributed by atoms with Gasteiger partial charge in [0, 0.05) is 0 Å². The summed E-state index contributed by atoms with van der Waals surface area (Å²) in [5, 5.41) is 12.7. The van der Waals surface area contributed by atoms with Gasteiger partial charge in [0.25, 0.3) is 0 Å². The van der Waals surface area contributed by atoms with Crippen LogP contribution < -0.4 is 5.32 Å². The molecule has 0 aliphatic carbocycles. The van der Waals surface area contributed by atoms with Crippen LogP contribution in [0.15, 0.2) is 30.3 Å². The first kappa shape index (κ1) is 13.6. The molecule has 0 fully saturated rings. The van der Waals surface area contributed by atoms with Gasteiger partial charge in [-0.1, -0.05) is 30.3 Å². The fraction of sp³-hybridized carbons (Fsp3) is 0.538. The summed E-state index contributed by atoms with van der Waals surface area (Å²) in [6, 6.07) is 10.2. The average molecular weight is 239 g/mol. The molecule has 0 saturated carbocycles. The molecule has 3 heteroatoms. The van der Waals surface area contributed by atoms with Gasteiger partial charge in [0.2, 0.25) is 0 Å². The first-order chi connectivity index (χ1) is 7.88. The summed E-state index contributed by atoms with van der Waals surface area (Å²) in [6.45, 7) is 1.13. The van der Waals surface area contributed by atoms with Crippen LogP contribution in [0, 0.1) is 0 Å². The molecule has 0 amide bonds. The Labute approximate surface area is 102 Å². The Morgan fingerprint density at radius 1 is 1.25 bits per heavy atom. The van der Waals surface area contributed by atoms with Gasteiger partial charge in [0.05, 0.1) is 12.6 Å². The van der Waals surface area contributed by atoms with E-state index in [2.05, 4.69) is 23.7 Å². The van der Waals surface area contributed by atoms with Crippen LogP contribution in [0.5, 0.6) is 0 Å². The van der Waals surface area contributed by atoms with Crippen LogP contribution >= 0.6 is 11.8 Å². The summed E-state index contributed by atoms with van der Waals surface area (Å²) in [7, 11) is 0. The molecule has 0 aromatic heterocycles. The molecule has 0 heterocycles. The van der Waals surface area contributed by atoms with Crippen molar-refractivity contribution in [2.24, 2.45) is 0 Å². The lowest BCUT2D eigenvalue weighted by Crippen LogP contribution is -2.25. The van der Waals surface area contributed by atoms with Crippen molar-refractivity contribution in [2.45, 2.75) is 18.9 Å². The van der Waals surface area contributed by atoms with Gasteiger partial charge in [-0.2, -0.15) is 11.8 Å². The molecule has 1 rings (SSSR count). The quantitative estimate of drug-likeness (QED) is 0.684. The smallest absolute Gasteiger partial charge is 0.0626 e. The molecule has 90 valence electrons. The van der Waals surface area contributed by atoms with E-state index < -0.39 is 0 Å². The summed E-state index contributed by atoms with van der Waals surface area (Å²) in [5.74, 6) is 1.22. The number of unbranched alkanes of at least 4 members (excludes halogenated alkanes) is 1. The number of aliphatic hydroxyl groups excluding tert-OH is 1. The summed E-state index contributed by atoms with van der Waals surface area (Å²) in [5.41, 5.74) is 1.16. The molecule has 0 radical (unpaired) electrons. The molecule has 2 N–H and O–H groups in total. The van der Waals surface area contributed by atoms with E-state index in [0.717, 1.165) is 12.1 Å². The lowest BCUT2D eigenvalue weighted by molar-refractivity contribution is 0.244. The zero-order valence-electron chi connectivity index (χ0n) is 9.86. The molecule has 0 aliphatic rings. The van der Waals surface area contributed by atoms with Gasteiger partial charge in [-0.25, -0.2) is 0 Å². The predicted molar refractivity (Wildman–Crippen MR) is 71.9 cm³/mol. The third-order valence-electron chi connectivity index (χ3n) is 2.55. The Hall–Kier alpha value is -0.510. The molecular weight excluding hydrogens is 218 g/mol. The van der Waals surface area contributed by atoms with Crippen LogP contribution in [0.25, 0.3) is 0 Å². The van der Waals surface area contributed by atoms with Crippen LogP contribution in [-0.2, 0) is 0 Å². The second-order valence-electron chi connectivity index (χ2n) is 3.80. The fourth-order valence-corrected chi connectivity index (χ4v) is 2.11. The van der Waals surface area contributed by atoms with Crippen LogP contribution in [-0.4, -0.2) is 30.3 Å².